The number of amides is 1. The van der Waals surface area contributed by atoms with Gasteiger partial charge in [-0.3, -0.25) is 9.79 Å². The molecule has 0 aliphatic carbocycles. The first kappa shape index (κ1) is 23.1. The zero-order valence-corrected chi connectivity index (χ0v) is 18.2. The summed E-state index contributed by atoms with van der Waals surface area (Å²) in [6, 6.07) is 19.1. The highest BCUT2D eigenvalue weighted by Crippen LogP contribution is 2.22. The molecule has 1 aliphatic rings. The minimum absolute atomic E-state index is 0.225. The highest BCUT2D eigenvalue weighted by molar-refractivity contribution is 5.93. The number of aryl methyl sites for hydroxylation is 1. The predicted molar refractivity (Wildman–Crippen MR) is 127 cm³/mol. The first-order valence-corrected chi connectivity index (χ1v) is 10.5. The number of allylic oxidation sites excluding steroid dienone is 1. The second-order valence-corrected chi connectivity index (χ2v) is 7.51. The van der Waals surface area contributed by atoms with Crippen LogP contribution in [0, 0.1) is 6.92 Å². The number of hydrogen-bond acceptors (Lipinski definition) is 2. The molecular formula is C26H33N3O. The molecule has 4 nitrogen and oxygen atoms in total. The minimum atomic E-state index is 0.225. The van der Waals surface area contributed by atoms with Crippen molar-refractivity contribution < 1.29 is 4.79 Å². The molecule has 158 valence electrons. The Labute approximate surface area is 181 Å². The van der Waals surface area contributed by atoms with Gasteiger partial charge < -0.3 is 10.2 Å². The van der Waals surface area contributed by atoms with Crippen LogP contribution < -0.4 is 5.32 Å². The Bertz CT molecular complexity index is 858. The molecule has 0 radical (unpaired) electrons. The molecule has 1 aliphatic heterocycles. The molecule has 1 fully saturated rings. The van der Waals surface area contributed by atoms with E-state index < -0.39 is 0 Å². The van der Waals surface area contributed by atoms with Gasteiger partial charge in [0, 0.05) is 12.2 Å². The molecule has 1 saturated heterocycles. The highest BCUT2D eigenvalue weighted by Gasteiger charge is 2.20. The maximum atomic E-state index is 10.9. The molecule has 0 bridgehead atoms. The molecule has 0 spiro atoms. The monoisotopic (exact) mass is 403 g/mol. The van der Waals surface area contributed by atoms with Crippen molar-refractivity contribution in [2.24, 2.45) is 4.99 Å². The number of piperidine rings is 1. The molecule has 3 rings (SSSR count). The summed E-state index contributed by atoms with van der Waals surface area (Å²) in [5.74, 6) is 0.717. The Balaban J connectivity index is 0.000000220. The molecule has 1 N–H and O–H groups in total. The first-order valence-electron chi connectivity index (χ1n) is 10.5. The third-order valence-electron chi connectivity index (χ3n) is 5.05. The smallest absolute Gasteiger partial charge is 0.210 e. The van der Waals surface area contributed by atoms with Crippen LogP contribution in [0.25, 0.3) is 11.1 Å². The second kappa shape index (κ2) is 12.4. The number of amidine groups is 1. The quantitative estimate of drug-likeness (QED) is 0.400. The fourth-order valence-electron chi connectivity index (χ4n) is 3.45. The van der Waals surface area contributed by atoms with Crippen molar-refractivity contribution in [3.05, 3.63) is 85.1 Å². The fourth-order valence-corrected chi connectivity index (χ4v) is 3.45. The van der Waals surface area contributed by atoms with Crippen LogP contribution in [0.15, 0.2) is 84.5 Å². The molecule has 1 atom stereocenters. The molecule has 30 heavy (non-hydrogen) atoms. The number of benzene rings is 2. The third-order valence-corrected chi connectivity index (χ3v) is 5.05. The Morgan fingerprint density at radius 1 is 1.17 bits per heavy atom. The van der Waals surface area contributed by atoms with E-state index in [1.807, 2.05) is 17.9 Å². The van der Waals surface area contributed by atoms with Gasteiger partial charge in [0.05, 0.1) is 12.6 Å². The molecule has 2 aromatic carbocycles. The van der Waals surface area contributed by atoms with Crippen LogP contribution in [-0.4, -0.2) is 36.3 Å². The van der Waals surface area contributed by atoms with E-state index in [0.29, 0.717) is 12.4 Å². The predicted octanol–water partition coefficient (Wildman–Crippen LogP) is 5.37. The maximum absolute atomic E-state index is 10.9. The lowest BCUT2D eigenvalue weighted by molar-refractivity contribution is -0.121. The lowest BCUT2D eigenvalue weighted by Gasteiger charge is -2.31. The van der Waals surface area contributed by atoms with E-state index >= 15 is 0 Å². The Hall–Kier alpha value is -3.14. The van der Waals surface area contributed by atoms with Crippen LogP contribution >= 0.6 is 0 Å². The molecule has 2 aromatic rings. The van der Waals surface area contributed by atoms with Crippen LogP contribution in [0.4, 0.5) is 0 Å². The van der Waals surface area contributed by atoms with Gasteiger partial charge in [-0.05, 0) is 55.9 Å². The van der Waals surface area contributed by atoms with E-state index in [2.05, 4.69) is 78.9 Å². The maximum Gasteiger partial charge on any atom is 0.210 e. The van der Waals surface area contributed by atoms with Crippen molar-refractivity contribution in [2.45, 2.75) is 39.2 Å². The normalized spacial score (nSPS) is 16.1. The summed E-state index contributed by atoms with van der Waals surface area (Å²) in [5.41, 5.74) is 4.77. The Morgan fingerprint density at radius 2 is 1.87 bits per heavy atom. The summed E-state index contributed by atoms with van der Waals surface area (Å²) in [6.07, 6.45) is 5.89. The minimum Gasteiger partial charge on any atom is -0.345 e. The van der Waals surface area contributed by atoms with E-state index in [1.165, 1.54) is 23.1 Å². The van der Waals surface area contributed by atoms with Crippen molar-refractivity contribution in [3.8, 4) is 11.1 Å². The van der Waals surface area contributed by atoms with Gasteiger partial charge in [-0.1, -0.05) is 67.8 Å². The van der Waals surface area contributed by atoms with Gasteiger partial charge in [0.25, 0.3) is 0 Å². The first-order chi connectivity index (χ1) is 14.5. The standard InChI is InChI=1S/C13H21N3O.C13H12/c1-4-13(15-11(2)3)14-9-12-7-5-6-8-16(12)10-17;1-11-7-5-6-10-13(11)12-8-3-2-4-9-12/h4,10,12H,1-2,5-9H2,3H3,(H,14,15);2-10H,1H3. The number of carbonyl (C=O) groups excluding carboxylic acids is 1. The van der Waals surface area contributed by atoms with Gasteiger partial charge in [-0.25, -0.2) is 0 Å². The van der Waals surface area contributed by atoms with Crippen molar-refractivity contribution >= 4 is 12.2 Å². The topological polar surface area (TPSA) is 44.7 Å². The summed E-state index contributed by atoms with van der Waals surface area (Å²) >= 11 is 0. The van der Waals surface area contributed by atoms with E-state index in [4.69, 9.17) is 0 Å². The average Bonchev–Trinajstić information content (AvgIpc) is 2.78. The number of nitrogens with one attached hydrogen (secondary N) is 1. The Kier molecular flexibility index (Phi) is 9.59. The lowest BCUT2D eigenvalue weighted by Crippen LogP contribution is -2.40. The highest BCUT2D eigenvalue weighted by atomic mass is 16.1. The second-order valence-electron chi connectivity index (χ2n) is 7.51. The average molecular weight is 404 g/mol. The van der Waals surface area contributed by atoms with Crippen LogP contribution in [-0.2, 0) is 4.79 Å². The third kappa shape index (κ3) is 7.36. The van der Waals surface area contributed by atoms with Gasteiger partial charge in [-0.2, -0.15) is 0 Å². The molecule has 1 amide bonds. The van der Waals surface area contributed by atoms with Crippen molar-refractivity contribution in [2.75, 3.05) is 13.1 Å². The van der Waals surface area contributed by atoms with E-state index in [9.17, 15) is 4.79 Å². The van der Waals surface area contributed by atoms with Crippen molar-refractivity contribution in [1.29, 1.82) is 0 Å². The summed E-state index contributed by atoms with van der Waals surface area (Å²) in [4.78, 5) is 17.2. The van der Waals surface area contributed by atoms with Gasteiger partial charge in [0.1, 0.15) is 5.84 Å². The van der Waals surface area contributed by atoms with E-state index in [1.54, 1.807) is 6.08 Å². The van der Waals surface area contributed by atoms with Crippen molar-refractivity contribution in [3.63, 3.8) is 0 Å². The summed E-state index contributed by atoms with van der Waals surface area (Å²) < 4.78 is 0. The molecule has 1 unspecified atom stereocenters. The molecule has 0 aromatic heterocycles. The van der Waals surface area contributed by atoms with Gasteiger partial charge in [0.2, 0.25) is 6.41 Å². The van der Waals surface area contributed by atoms with E-state index in [0.717, 1.165) is 31.5 Å². The molecular weight excluding hydrogens is 370 g/mol. The van der Waals surface area contributed by atoms with Gasteiger partial charge >= 0.3 is 0 Å². The fraction of sp³-hybridized carbons (Fsp3) is 0.308. The molecule has 1 heterocycles. The van der Waals surface area contributed by atoms with Crippen LogP contribution in [0.5, 0.6) is 0 Å². The zero-order valence-electron chi connectivity index (χ0n) is 18.2. The van der Waals surface area contributed by atoms with Crippen molar-refractivity contribution in [1.82, 2.24) is 10.2 Å². The van der Waals surface area contributed by atoms with Gasteiger partial charge in [-0.15, -0.1) is 0 Å². The van der Waals surface area contributed by atoms with Crippen LogP contribution in [0.1, 0.15) is 31.7 Å². The van der Waals surface area contributed by atoms with Crippen LogP contribution in [0.3, 0.4) is 0 Å². The number of rotatable bonds is 6. The van der Waals surface area contributed by atoms with Gasteiger partial charge in [0.15, 0.2) is 0 Å². The largest absolute Gasteiger partial charge is 0.345 e. The summed E-state index contributed by atoms with van der Waals surface area (Å²) in [5, 5.41) is 3.03. The number of aliphatic imine (C=N–C) groups is 1. The molecule has 4 heteroatoms. The molecule has 0 saturated carbocycles. The Morgan fingerprint density at radius 3 is 2.50 bits per heavy atom. The van der Waals surface area contributed by atoms with E-state index in [-0.39, 0.29) is 6.04 Å². The SMILES string of the molecule is C=CC(=NCC1CCCCN1C=O)NC(=C)C.Cc1ccccc1-c1ccccc1. The zero-order chi connectivity index (χ0) is 21.8. The summed E-state index contributed by atoms with van der Waals surface area (Å²) in [7, 11) is 0. The number of likely N-dealkylation sites (tertiary alicyclic amines) is 1. The number of carbonyl (C=O) groups is 1. The van der Waals surface area contributed by atoms with Crippen LogP contribution in [0.2, 0.25) is 0 Å². The summed E-state index contributed by atoms with van der Waals surface area (Å²) in [6.45, 7) is 12.9. The lowest BCUT2D eigenvalue weighted by atomic mass is 10.0. The number of nitrogens with zero attached hydrogens (tertiary/aromatic N) is 2. The number of hydrogen-bond donors (Lipinski definition) is 1.